The number of rotatable bonds is 5. The second kappa shape index (κ2) is 7.14. The first kappa shape index (κ1) is 17.3. The molecule has 0 fully saturated rings. The second-order valence-corrected chi connectivity index (χ2v) is 7.23. The van der Waals surface area contributed by atoms with Crippen LogP contribution in [-0.4, -0.2) is 20.4 Å². The fourth-order valence-electron chi connectivity index (χ4n) is 2.70. The highest BCUT2D eigenvalue weighted by molar-refractivity contribution is 7.18. The van der Waals surface area contributed by atoms with Crippen molar-refractivity contribution in [2.75, 3.05) is 0 Å². The van der Waals surface area contributed by atoms with E-state index in [9.17, 15) is 9.59 Å². The maximum absolute atomic E-state index is 12.6. The average molecular weight is 356 g/mol. The van der Waals surface area contributed by atoms with Crippen LogP contribution in [0.3, 0.4) is 0 Å². The lowest BCUT2D eigenvalue weighted by Gasteiger charge is -2.14. The molecule has 0 bridgehead atoms. The van der Waals surface area contributed by atoms with Gasteiger partial charge in [-0.25, -0.2) is 4.98 Å². The number of aryl methyl sites for hydroxylation is 3. The lowest BCUT2D eigenvalue weighted by atomic mass is 10.1. The zero-order chi connectivity index (χ0) is 18.0. The van der Waals surface area contributed by atoms with Gasteiger partial charge in [0.25, 0.3) is 5.56 Å². The number of hydrogen-bond donors (Lipinski definition) is 1. The summed E-state index contributed by atoms with van der Waals surface area (Å²) in [5.41, 5.74) is 1.89. The lowest BCUT2D eigenvalue weighted by Crippen LogP contribution is -2.29. The maximum Gasteiger partial charge on any atom is 0.262 e. The Balaban J connectivity index is 1.68. The average Bonchev–Trinajstić information content (AvgIpc) is 2.90. The number of carbonyl (C=O) groups excluding carboxylic acids is 1. The van der Waals surface area contributed by atoms with Crippen molar-refractivity contribution in [3.05, 3.63) is 57.2 Å². The van der Waals surface area contributed by atoms with E-state index in [2.05, 4.69) is 15.3 Å². The molecule has 0 aliphatic heterocycles. The highest BCUT2D eigenvalue weighted by Gasteiger charge is 2.13. The van der Waals surface area contributed by atoms with Crippen molar-refractivity contribution in [1.29, 1.82) is 0 Å². The van der Waals surface area contributed by atoms with Crippen LogP contribution in [-0.2, 0) is 11.3 Å². The van der Waals surface area contributed by atoms with E-state index in [0.29, 0.717) is 11.9 Å². The SMILES string of the molecule is Cc1sc2ncn(CCC(=O)N[C@H](C)c3ccncc3)c(=O)c2c1C. The Bertz CT molecular complexity index is 962. The lowest BCUT2D eigenvalue weighted by molar-refractivity contribution is -0.121. The number of thiophene rings is 1. The summed E-state index contributed by atoms with van der Waals surface area (Å²) in [5, 5.41) is 3.60. The van der Waals surface area contributed by atoms with Crippen LogP contribution in [0.2, 0.25) is 0 Å². The molecule has 0 unspecified atom stereocenters. The maximum atomic E-state index is 12.6. The van der Waals surface area contributed by atoms with Crippen LogP contribution in [0.25, 0.3) is 10.2 Å². The molecule has 0 radical (unpaired) electrons. The van der Waals surface area contributed by atoms with E-state index in [4.69, 9.17) is 0 Å². The molecule has 0 spiro atoms. The van der Waals surface area contributed by atoms with Gasteiger partial charge in [-0.3, -0.25) is 19.1 Å². The molecule has 130 valence electrons. The van der Waals surface area contributed by atoms with E-state index in [1.165, 1.54) is 22.2 Å². The standard InChI is InChI=1S/C18H20N4O2S/c1-11-13(3)25-17-16(11)18(24)22(10-20-17)9-6-15(23)21-12(2)14-4-7-19-8-5-14/h4-5,7-8,10,12H,6,9H2,1-3H3,(H,21,23)/t12-/m1/s1. The van der Waals surface area contributed by atoms with Crippen molar-refractivity contribution in [3.63, 3.8) is 0 Å². The Morgan fingerprint density at radius 1 is 1.32 bits per heavy atom. The molecular weight excluding hydrogens is 336 g/mol. The molecule has 1 N–H and O–H groups in total. The largest absolute Gasteiger partial charge is 0.350 e. The smallest absolute Gasteiger partial charge is 0.262 e. The predicted molar refractivity (Wildman–Crippen MR) is 98.8 cm³/mol. The molecule has 0 saturated heterocycles. The van der Waals surface area contributed by atoms with Crippen LogP contribution in [0, 0.1) is 13.8 Å². The van der Waals surface area contributed by atoms with Gasteiger partial charge < -0.3 is 5.32 Å². The van der Waals surface area contributed by atoms with Gasteiger partial charge in [0, 0.05) is 30.2 Å². The van der Waals surface area contributed by atoms with E-state index in [-0.39, 0.29) is 23.9 Å². The molecule has 25 heavy (non-hydrogen) atoms. The van der Waals surface area contributed by atoms with E-state index in [1.54, 1.807) is 12.4 Å². The van der Waals surface area contributed by atoms with Gasteiger partial charge in [-0.1, -0.05) is 0 Å². The molecule has 0 aliphatic carbocycles. The molecule has 1 amide bonds. The zero-order valence-electron chi connectivity index (χ0n) is 14.4. The normalized spacial score (nSPS) is 12.3. The van der Waals surface area contributed by atoms with E-state index < -0.39 is 0 Å². The monoisotopic (exact) mass is 356 g/mol. The number of hydrogen-bond acceptors (Lipinski definition) is 5. The second-order valence-electron chi connectivity index (χ2n) is 6.03. The Kier molecular flexibility index (Phi) is 4.94. The number of aromatic nitrogens is 3. The molecule has 3 rings (SSSR count). The van der Waals surface area contributed by atoms with Crippen LogP contribution in [0.15, 0.2) is 35.6 Å². The van der Waals surface area contributed by atoms with Crippen LogP contribution >= 0.6 is 11.3 Å². The Morgan fingerprint density at radius 3 is 2.76 bits per heavy atom. The molecule has 0 aromatic carbocycles. The molecular formula is C18H20N4O2S. The van der Waals surface area contributed by atoms with Gasteiger partial charge in [0.05, 0.1) is 17.8 Å². The third-order valence-electron chi connectivity index (χ3n) is 4.32. The zero-order valence-corrected chi connectivity index (χ0v) is 15.3. The van der Waals surface area contributed by atoms with Gasteiger partial charge in [0.2, 0.25) is 5.91 Å². The third-order valence-corrected chi connectivity index (χ3v) is 5.43. The molecule has 6 nitrogen and oxygen atoms in total. The quantitative estimate of drug-likeness (QED) is 0.762. The van der Waals surface area contributed by atoms with Gasteiger partial charge in [0.15, 0.2) is 0 Å². The van der Waals surface area contributed by atoms with Crippen LogP contribution < -0.4 is 10.9 Å². The summed E-state index contributed by atoms with van der Waals surface area (Å²) in [5.74, 6) is -0.102. The van der Waals surface area contributed by atoms with E-state index in [0.717, 1.165) is 20.8 Å². The first-order chi connectivity index (χ1) is 12.0. The van der Waals surface area contributed by atoms with E-state index >= 15 is 0 Å². The number of pyridine rings is 1. The summed E-state index contributed by atoms with van der Waals surface area (Å²) in [4.78, 5) is 35.0. The number of fused-ring (bicyclic) bond motifs is 1. The Morgan fingerprint density at radius 2 is 2.04 bits per heavy atom. The molecule has 1 atom stereocenters. The van der Waals surface area contributed by atoms with Gasteiger partial charge in [-0.15, -0.1) is 11.3 Å². The topological polar surface area (TPSA) is 76.9 Å². The van der Waals surface area contributed by atoms with Crippen molar-refractivity contribution in [3.8, 4) is 0 Å². The van der Waals surface area contributed by atoms with Crippen LogP contribution in [0.5, 0.6) is 0 Å². The van der Waals surface area contributed by atoms with Crippen molar-refractivity contribution < 1.29 is 4.79 Å². The summed E-state index contributed by atoms with van der Waals surface area (Å²) in [6.45, 7) is 6.15. The summed E-state index contributed by atoms with van der Waals surface area (Å²) in [6.07, 6.45) is 5.15. The summed E-state index contributed by atoms with van der Waals surface area (Å²) in [7, 11) is 0. The van der Waals surface area contributed by atoms with Gasteiger partial charge >= 0.3 is 0 Å². The number of carbonyl (C=O) groups is 1. The van der Waals surface area contributed by atoms with Gasteiger partial charge in [0.1, 0.15) is 4.83 Å². The first-order valence-corrected chi connectivity index (χ1v) is 8.93. The molecule has 0 saturated carbocycles. The minimum Gasteiger partial charge on any atom is -0.350 e. The molecule has 7 heteroatoms. The number of nitrogens with one attached hydrogen (secondary N) is 1. The first-order valence-electron chi connectivity index (χ1n) is 8.12. The molecule has 0 aliphatic rings. The predicted octanol–water partition coefficient (Wildman–Crippen LogP) is 2.74. The van der Waals surface area contributed by atoms with Crippen LogP contribution in [0.4, 0.5) is 0 Å². The van der Waals surface area contributed by atoms with E-state index in [1.807, 2.05) is 32.9 Å². The fourth-order valence-corrected chi connectivity index (χ4v) is 3.69. The molecule has 3 heterocycles. The number of amides is 1. The highest BCUT2D eigenvalue weighted by atomic mass is 32.1. The van der Waals surface area contributed by atoms with Crippen molar-refractivity contribution in [2.24, 2.45) is 0 Å². The Hall–Kier alpha value is -2.54. The summed E-state index contributed by atoms with van der Waals surface area (Å²) in [6, 6.07) is 3.64. The minimum absolute atomic E-state index is 0.0816. The number of nitrogens with zero attached hydrogens (tertiary/aromatic N) is 3. The summed E-state index contributed by atoms with van der Waals surface area (Å²) < 4.78 is 1.51. The fraction of sp³-hybridized carbons (Fsp3) is 0.333. The van der Waals surface area contributed by atoms with Gasteiger partial charge in [-0.2, -0.15) is 0 Å². The van der Waals surface area contributed by atoms with Gasteiger partial charge in [-0.05, 0) is 44.0 Å². The Labute approximate surface area is 149 Å². The van der Waals surface area contributed by atoms with Crippen LogP contribution in [0.1, 0.15) is 35.4 Å². The minimum atomic E-state index is -0.102. The molecule has 3 aromatic heterocycles. The molecule has 3 aromatic rings. The summed E-state index contributed by atoms with van der Waals surface area (Å²) >= 11 is 1.52. The highest BCUT2D eigenvalue weighted by Crippen LogP contribution is 2.25. The third kappa shape index (κ3) is 3.61. The van der Waals surface area contributed by atoms with Crippen molar-refractivity contribution in [1.82, 2.24) is 19.9 Å². The van der Waals surface area contributed by atoms with Crippen molar-refractivity contribution >= 4 is 27.5 Å². The van der Waals surface area contributed by atoms with Crippen molar-refractivity contribution in [2.45, 2.75) is 39.8 Å².